The Morgan fingerprint density at radius 3 is 2.48 bits per heavy atom. The van der Waals surface area contributed by atoms with E-state index in [1.165, 1.54) is 21.5 Å². The van der Waals surface area contributed by atoms with E-state index in [1.807, 2.05) is 0 Å². The average molecular weight is 444 g/mol. The van der Waals surface area contributed by atoms with Crippen LogP contribution in [0, 0.1) is 6.08 Å². The van der Waals surface area contributed by atoms with Crippen LogP contribution in [0.2, 0.25) is 13.1 Å². The predicted octanol–water partition coefficient (Wildman–Crippen LogP) is -1.71. The number of halogens is 2. The molecule has 0 spiro atoms. The molecule has 1 N–H and O–H groups in total. The molecule has 0 unspecified atom stereocenters. The number of fused-ring (bicyclic) bond motifs is 1. The van der Waals surface area contributed by atoms with Gasteiger partial charge in [-0.1, -0.05) is 25.6 Å². The maximum atomic E-state index is 8.76. The van der Waals surface area contributed by atoms with E-state index in [2.05, 4.69) is 67.7 Å². The van der Waals surface area contributed by atoms with E-state index in [1.54, 1.807) is 0 Å². The summed E-state index contributed by atoms with van der Waals surface area (Å²) >= 11 is 0. The number of hydrogen-bond acceptors (Lipinski definition) is 1. The van der Waals surface area contributed by atoms with Gasteiger partial charge in [-0.25, -0.2) is 5.20 Å². The number of allylic oxidation sites excluding steroid dienone is 3. The zero-order valence-electron chi connectivity index (χ0n) is 13.4. The molecule has 2 aromatic rings. The molecule has 0 bridgehead atoms. The van der Waals surface area contributed by atoms with Crippen molar-refractivity contribution in [3.8, 4) is 0 Å². The molecule has 1 aliphatic carbocycles. The molecular weight excluding hydrogens is 422 g/mol. The summed E-state index contributed by atoms with van der Waals surface area (Å²) in [5.74, 6) is 0. The van der Waals surface area contributed by atoms with Crippen molar-refractivity contribution in [1.82, 2.24) is 0 Å². The number of hydrogen-bond donors (Lipinski definition) is 1. The van der Waals surface area contributed by atoms with E-state index in [0.29, 0.717) is 0 Å². The Labute approximate surface area is 172 Å². The van der Waals surface area contributed by atoms with Crippen LogP contribution in [0.1, 0.15) is 12.8 Å². The first-order valence-corrected chi connectivity index (χ1v) is 9.54. The summed E-state index contributed by atoms with van der Waals surface area (Å²) in [6.45, 7) is 4.80. The standard InChI is InChI=1S/C9H14OSi.C9H7.2ClH.Zr/c1-11(2)9-5-3-4-8(9)6-7-10;1-2-5-9-7-3-6-8(9)4-1;;;/h4,10H,3,6-7H2,1-2H3;1-7H;2*1H;/q2*-1;;;+4/p-2. The van der Waals surface area contributed by atoms with Crippen molar-refractivity contribution in [2.45, 2.75) is 25.9 Å². The Bertz CT molecular complexity index is 590. The molecule has 0 heterocycles. The molecule has 3 rings (SSSR count). The van der Waals surface area contributed by atoms with Gasteiger partial charge in [0.2, 0.25) is 0 Å². The molecule has 5 heteroatoms. The quantitative estimate of drug-likeness (QED) is 0.443. The molecule has 2 aromatic carbocycles. The number of benzene rings is 1. The maximum absolute atomic E-state index is 8.76. The van der Waals surface area contributed by atoms with Crippen molar-refractivity contribution in [2.75, 3.05) is 6.61 Å². The van der Waals surface area contributed by atoms with E-state index in [0.717, 1.165) is 12.8 Å². The Morgan fingerprint density at radius 1 is 1.17 bits per heavy atom. The fourth-order valence-electron chi connectivity index (χ4n) is 2.41. The summed E-state index contributed by atoms with van der Waals surface area (Å²) in [7, 11) is -0.356. The third-order valence-electron chi connectivity index (χ3n) is 3.38. The second kappa shape index (κ2) is 13.3. The molecule has 0 amide bonds. The second-order valence-corrected chi connectivity index (χ2v) is 7.61. The van der Waals surface area contributed by atoms with Gasteiger partial charge in [-0.05, 0) is 0 Å². The second-order valence-electron chi connectivity index (χ2n) is 5.11. The van der Waals surface area contributed by atoms with Crippen LogP contribution in [-0.4, -0.2) is 20.5 Å². The van der Waals surface area contributed by atoms with Gasteiger partial charge in [0.05, 0.1) is 0 Å². The zero-order chi connectivity index (χ0) is 14.4. The molecule has 0 saturated heterocycles. The van der Waals surface area contributed by atoms with Gasteiger partial charge in [0.1, 0.15) is 0 Å². The van der Waals surface area contributed by atoms with Gasteiger partial charge in [0, 0.05) is 15.4 Å². The SMILES string of the molecule is C[Si](C)C1=[C-]CC=C1CCO.[Cl-].[Cl-].[Zr+4].c1ccc2[cH-]ccc2c1. The van der Waals surface area contributed by atoms with Gasteiger partial charge in [0.15, 0.2) is 0 Å². The Morgan fingerprint density at radius 2 is 1.87 bits per heavy atom. The summed E-state index contributed by atoms with van der Waals surface area (Å²) in [5, 5.41) is 12.8. The topological polar surface area (TPSA) is 20.2 Å². The molecule has 121 valence electrons. The summed E-state index contributed by atoms with van der Waals surface area (Å²) < 4.78 is 0. The largest absolute Gasteiger partial charge is 4.00 e. The number of aliphatic hydroxyl groups is 1. The van der Waals surface area contributed by atoms with Crippen LogP contribution >= 0.6 is 0 Å². The van der Waals surface area contributed by atoms with E-state index in [9.17, 15) is 0 Å². The first kappa shape index (κ1) is 25.2. The van der Waals surface area contributed by atoms with Gasteiger partial charge in [0.25, 0.3) is 0 Å². The monoisotopic (exact) mass is 441 g/mol. The normalized spacial score (nSPS) is 12.2. The fraction of sp³-hybridized carbons (Fsp3) is 0.278. The minimum Gasteiger partial charge on any atom is -1.00 e. The van der Waals surface area contributed by atoms with Gasteiger partial charge in [-0.3, -0.25) is 6.08 Å². The van der Waals surface area contributed by atoms with Gasteiger partial charge in [-0.2, -0.15) is 29.2 Å². The summed E-state index contributed by atoms with van der Waals surface area (Å²) in [6, 6.07) is 14.7. The third kappa shape index (κ3) is 7.58. The third-order valence-corrected chi connectivity index (χ3v) is 4.88. The molecule has 0 fully saturated rings. The Kier molecular flexibility index (Phi) is 14.5. The summed E-state index contributed by atoms with van der Waals surface area (Å²) in [5.41, 5.74) is 1.34. The van der Waals surface area contributed by atoms with E-state index in [-0.39, 0.29) is 66.4 Å². The Hall–Kier alpha value is -0.0500. The number of aliphatic hydroxyl groups excluding tert-OH is 1. The molecular formula is C18H21Cl2OSiZr. The van der Waals surface area contributed by atoms with Crippen molar-refractivity contribution in [3.05, 3.63) is 65.4 Å². The van der Waals surface area contributed by atoms with E-state index < -0.39 is 0 Å². The van der Waals surface area contributed by atoms with Crippen molar-refractivity contribution in [3.63, 3.8) is 0 Å². The van der Waals surface area contributed by atoms with E-state index >= 15 is 0 Å². The van der Waals surface area contributed by atoms with Crippen LogP contribution < -0.4 is 24.8 Å². The minimum atomic E-state index is -0.356. The predicted molar refractivity (Wildman–Crippen MR) is 88.2 cm³/mol. The molecule has 1 aliphatic rings. The summed E-state index contributed by atoms with van der Waals surface area (Å²) in [4.78, 5) is 0. The smallest absolute Gasteiger partial charge is 1.00 e. The zero-order valence-corrected chi connectivity index (χ0v) is 18.4. The fourth-order valence-corrected chi connectivity index (χ4v) is 3.73. The van der Waals surface area contributed by atoms with Gasteiger partial charge in [-0.15, -0.1) is 36.1 Å². The first-order valence-electron chi connectivity index (χ1n) is 7.04. The maximum Gasteiger partial charge on any atom is 4.00 e. The molecule has 0 aliphatic heterocycles. The van der Waals surface area contributed by atoms with Gasteiger partial charge < -0.3 is 29.9 Å². The van der Waals surface area contributed by atoms with Crippen molar-refractivity contribution >= 4 is 19.6 Å². The van der Waals surface area contributed by atoms with Crippen LogP contribution in [0.15, 0.2) is 59.3 Å². The van der Waals surface area contributed by atoms with Gasteiger partial charge >= 0.3 is 26.2 Å². The van der Waals surface area contributed by atoms with Crippen molar-refractivity contribution in [1.29, 1.82) is 0 Å². The molecule has 23 heavy (non-hydrogen) atoms. The molecule has 0 saturated carbocycles. The van der Waals surface area contributed by atoms with Crippen LogP contribution in [0.25, 0.3) is 10.8 Å². The number of rotatable bonds is 3. The van der Waals surface area contributed by atoms with Crippen LogP contribution in [0.3, 0.4) is 0 Å². The molecule has 1 nitrogen and oxygen atoms in total. The molecule has 0 aromatic heterocycles. The van der Waals surface area contributed by atoms with E-state index in [4.69, 9.17) is 5.11 Å². The Balaban J connectivity index is 0. The van der Waals surface area contributed by atoms with Crippen LogP contribution in [-0.2, 0) is 26.2 Å². The minimum absolute atomic E-state index is 0. The van der Waals surface area contributed by atoms with Crippen molar-refractivity contribution < 1.29 is 56.1 Å². The first-order chi connectivity index (χ1) is 9.72. The molecule has 0 atom stereocenters. The summed E-state index contributed by atoms with van der Waals surface area (Å²) in [6.07, 6.45) is 7.31. The van der Waals surface area contributed by atoms with Crippen LogP contribution in [0.4, 0.5) is 0 Å². The van der Waals surface area contributed by atoms with Crippen LogP contribution in [0.5, 0.6) is 0 Å². The van der Waals surface area contributed by atoms with Crippen molar-refractivity contribution in [2.24, 2.45) is 0 Å². The average Bonchev–Trinajstić information content (AvgIpc) is 3.07. The molecule has 1 radical (unpaired) electrons.